The molecule has 0 saturated carbocycles. The summed E-state index contributed by atoms with van der Waals surface area (Å²) in [4.78, 5) is 38.6. The summed E-state index contributed by atoms with van der Waals surface area (Å²) in [6, 6.07) is 11.0. The number of carbonyl (C=O) groups excluding carboxylic acids is 3. The lowest BCUT2D eigenvalue weighted by atomic mass is 9.91. The van der Waals surface area contributed by atoms with Gasteiger partial charge in [-0.05, 0) is 36.8 Å². The Labute approximate surface area is 165 Å². The van der Waals surface area contributed by atoms with Crippen LogP contribution in [0.3, 0.4) is 0 Å². The van der Waals surface area contributed by atoms with Crippen LogP contribution in [-0.2, 0) is 15.1 Å². The average molecular weight is 402 g/mol. The normalized spacial score (nSPS) is 20.3. The van der Waals surface area contributed by atoms with E-state index in [2.05, 4.69) is 10.6 Å². The highest BCUT2D eigenvalue weighted by molar-refractivity contribution is 6.33. The van der Waals surface area contributed by atoms with Crippen LogP contribution < -0.4 is 20.1 Å². The minimum Gasteiger partial charge on any atom is -0.454 e. The summed E-state index contributed by atoms with van der Waals surface area (Å²) in [6.07, 6.45) is 0. The molecule has 0 aromatic heterocycles. The van der Waals surface area contributed by atoms with Crippen molar-refractivity contribution in [2.24, 2.45) is 0 Å². The number of urea groups is 1. The van der Waals surface area contributed by atoms with Crippen molar-refractivity contribution < 1.29 is 23.9 Å². The number of anilines is 1. The van der Waals surface area contributed by atoms with Crippen molar-refractivity contribution in [2.75, 3.05) is 18.7 Å². The zero-order valence-electron chi connectivity index (χ0n) is 14.8. The van der Waals surface area contributed by atoms with Crippen LogP contribution in [0.2, 0.25) is 5.02 Å². The van der Waals surface area contributed by atoms with Gasteiger partial charge in [-0.25, -0.2) is 4.79 Å². The molecular weight excluding hydrogens is 386 g/mol. The summed E-state index contributed by atoms with van der Waals surface area (Å²) < 4.78 is 10.6. The van der Waals surface area contributed by atoms with E-state index in [0.717, 1.165) is 4.90 Å². The molecule has 0 radical (unpaired) electrons. The molecule has 1 fully saturated rings. The first-order chi connectivity index (χ1) is 13.4. The van der Waals surface area contributed by atoms with Gasteiger partial charge in [-0.1, -0.05) is 29.8 Å². The number of carbonyl (C=O) groups is 3. The number of halogens is 1. The quantitative estimate of drug-likeness (QED) is 0.767. The number of amides is 4. The van der Waals surface area contributed by atoms with Crippen LogP contribution >= 0.6 is 11.6 Å². The van der Waals surface area contributed by atoms with E-state index in [9.17, 15) is 14.4 Å². The van der Waals surface area contributed by atoms with Gasteiger partial charge in [0.25, 0.3) is 5.91 Å². The van der Waals surface area contributed by atoms with Crippen molar-refractivity contribution in [2.45, 2.75) is 12.5 Å². The van der Waals surface area contributed by atoms with E-state index < -0.39 is 29.9 Å². The molecule has 2 aliphatic rings. The van der Waals surface area contributed by atoms with Crippen molar-refractivity contribution in [1.29, 1.82) is 0 Å². The van der Waals surface area contributed by atoms with Gasteiger partial charge in [0.2, 0.25) is 12.7 Å². The molecular formula is C19H16ClN3O5. The third-order valence-electron chi connectivity index (χ3n) is 4.67. The molecule has 9 heteroatoms. The third kappa shape index (κ3) is 3.01. The molecule has 0 unspecified atom stereocenters. The predicted octanol–water partition coefficient (Wildman–Crippen LogP) is 2.47. The Hall–Kier alpha value is -3.26. The number of nitrogens with zero attached hydrogens (tertiary/aromatic N) is 1. The third-order valence-corrected chi connectivity index (χ3v) is 5.00. The number of rotatable bonds is 4. The number of hydrogen-bond acceptors (Lipinski definition) is 5. The highest BCUT2D eigenvalue weighted by atomic mass is 35.5. The minimum absolute atomic E-state index is 0.101. The van der Waals surface area contributed by atoms with E-state index in [1.807, 2.05) is 0 Å². The first-order valence-corrected chi connectivity index (χ1v) is 8.85. The highest BCUT2D eigenvalue weighted by Gasteiger charge is 2.49. The minimum atomic E-state index is -1.32. The van der Waals surface area contributed by atoms with E-state index in [1.165, 1.54) is 0 Å². The van der Waals surface area contributed by atoms with Gasteiger partial charge in [0, 0.05) is 0 Å². The molecule has 2 aromatic carbocycles. The summed E-state index contributed by atoms with van der Waals surface area (Å²) in [5, 5.41) is 5.61. The van der Waals surface area contributed by atoms with Gasteiger partial charge in [-0.2, -0.15) is 0 Å². The van der Waals surface area contributed by atoms with Crippen LogP contribution in [0, 0.1) is 0 Å². The van der Waals surface area contributed by atoms with Crippen molar-refractivity contribution in [3.8, 4) is 11.5 Å². The molecule has 0 spiro atoms. The first kappa shape index (κ1) is 18.1. The average Bonchev–Trinajstić information content (AvgIpc) is 3.22. The van der Waals surface area contributed by atoms with Crippen molar-refractivity contribution in [3.63, 3.8) is 0 Å². The van der Waals surface area contributed by atoms with Gasteiger partial charge in [-0.15, -0.1) is 0 Å². The molecule has 2 aromatic rings. The molecule has 28 heavy (non-hydrogen) atoms. The number of imide groups is 1. The highest BCUT2D eigenvalue weighted by Crippen LogP contribution is 2.37. The van der Waals surface area contributed by atoms with Crippen molar-refractivity contribution in [3.05, 3.63) is 53.1 Å². The maximum Gasteiger partial charge on any atom is 0.325 e. The Bertz CT molecular complexity index is 995. The number of nitrogens with one attached hydrogen (secondary N) is 2. The number of hydrogen-bond donors (Lipinski definition) is 2. The van der Waals surface area contributed by atoms with Gasteiger partial charge < -0.3 is 20.1 Å². The van der Waals surface area contributed by atoms with Gasteiger partial charge >= 0.3 is 6.03 Å². The Morgan fingerprint density at radius 2 is 1.96 bits per heavy atom. The molecule has 0 aliphatic carbocycles. The summed E-state index contributed by atoms with van der Waals surface area (Å²) in [5.41, 5.74) is -0.383. The zero-order valence-corrected chi connectivity index (χ0v) is 15.6. The predicted molar refractivity (Wildman–Crippen MR) is 100 cm³/mol. The topological polar surface area (TPSA) is 97.0 Å². The molecule has 2 N–H and O–H groups in total. The number of para-hydroxylation sites is 1. The second kappa shape index (κ2) is 6.72. The van der Waals surface area contributed by atoms with Crippen LogP contribution in [-0.4, -0.2) is 36.1 Å². The molecule has 8 nitrogen and oxygen atoms in total. The molecule has 4 rings (SSSR count). The lowest BCUT2D eigenvalue weighted by molar-refractivity contribution is -0.133. The summed E-state index contributed by atoms with van der Waals surface area (Å²) in [7, 11) is 0. The largest absolute Gasteiger partial charge is 0.454 e. The Morgan fingerprint density at radius 1 is 1.21 bits per heavy atom. The summed E-state index contributed by atoms with van der Waals surface area (Å²) in [6.45, 7) is 1.25. The van der Waals surface area contributed by atoms with E-state index in [0.29, 0.717) is 27.8 Å². The number of benzene rings is 2. The van der Waals surface area contributed by atoms with Crippen LogP contribution in [0.1, 0.15) is 12.5 Å². The SMILES string of the molecule is C[C@@]1(c2ccc3c(c2)OCO3)NC(=O)N(CC(=O)Nc2ccccc2Cl)C1=O. The maximum atomic E-state index is 13.0. The second-order valence-electron chi connectivity index (χ2n) is 6.54. The fourth-order valence-corrected chi connectivity index (χ4v) is 3.32. The number of ether oxygens (including phenoxy) is 2. The first-order valence-electron chi connectivity index (χ1n) is 8.47. The molecule has 2 aliphatic heterocycles. The van der Waals surface area contributed by atoms with Crippen LogP contribution in [0.25, 0.3) is 0 Å². The van der Waals surface area contributed by atoms with E-state index in [1.54, 1.807) is 49.4 Å². The molecule has 144 valence electrons. The zero-order chi connectivity index (χ0) is 19.9. The summed E-state index contributed by atoms with van der Waals surface area (Å²) >= 11 is 6.02. The van der Waals surface area contributed by atoms with Gasteiger partial charge in [0.15, 0.2) is 11.5 Å². The fourth-order valence-electron chi connectivity index (χ4n) is 3.14. The second-order valence-corrected chi connectivity index (χ2v) is 6.95. The Kier molecular flexibility index (Phi) is 4.35. The van der Waals surface area contributed by atoms with E-state index in [4.69, 9.17) is 21.1 Å². The van der Waals surface area contributed by atoms with Gasteiger partial charge in [0.05, 0.1) is 10.7 Å². The molecule has 2 heterocycles. The van der Waals surface area contributed by atoms with Gasteiger partial charge in [-0.3, -0.25) is 14.5 Å². The lowest BCUT2D eigenvalue weighted by Gasteiger charge is -2.22. The van der Waals surface area contributed by atoms with Crippen molar-refractivity contribution in [1.82, 2.24) is 10.2 Å². The van der Waals surface area contributed by atoms with Gasteiger partial charge in [0.1, 0.15) is 12.1 Å². The Balaban J connectivity index is 1.52. The number of fused-ring (bicyclic) bond motifs is 1. The molecule has 0 bridgehead atoms. The summed E-state index contributed by atoms with van der Waals surface area (Å²) in [5.74, 6) is -0.00649. The molecule has 1 atom stereocenters. The van der Waals surface area contributed by atoms with Crippen LogP contribution in [0.5, 0.6) is 11.5 Å². The Morgan fingerprint density at radius 3 is 2.75 bits per heavy atom. The molecule has 1 saturated heterocycles. The van der Waals surface area contributed by atoms with Crippen LogP contribution in [0.4, 0.5) is 10.5 Å². The monoisotopic (exact) mass is 401 g/mol. The maximum absolute atomic E-state index is 13.0. The van der Waals surface area contributed by atoms with Crippen LogP contribution in [0.15, 0.2) is 42.5 Å². The molecule has 4 amide bonds. The van der Waals surface area contributed by atoms with E-state index >= 15 is 0 Å². The fraction of sp³-hybridized carbons (Fsp3) is 0.211. The van der Waals surface area contributed by atoms with Crippen molar-refractivity contribution >= 4 is 35.1 Å². The smallest absolute Gasteiger partial charge is 0.325 e. The van der Waals surface area contributed by atoms with E-state index in [-0.39, 0.29) is 6.79 Å². The standard InChI is InChI=1S/C19H16ClN3O5/c1-19(11-6-7-14-15(8-11)28-10-27-14)17(25)23(18(26)22-19)9-16(24)21-13-5-3-2-4-12(13)20/h2-8H,9-10H2,1H3,(H,21,24)(H,22,26)/t19-/m0/s1. The lowest BCUT2D eigenvalue weighted by Crippen LogP contribution is -2.42.